The van der Waals surface area contributed by atoms with E-state index in [0.717, 1.165) is 22.3 Å². The second-order valence-corrected chi connectivity index (χ2v) is 6.04. The largest absolute Gasteiger partial charge is 0.466 e. The number of methoxy groups -OCH3 is 1. The first-order chi connectivity index (χ1) is 11.1. The molecule has 0 radical (unpaired) electrons. The van der Waals surface area contributed by atoms with Crippen molar-refractivity contribution in [1.82, 2.24) is 0 Å². The molecule has 0 N–H and O–H groups in total. The molecule has 116 valence electrons. The average Bonchev–Trinajstić information content (AvgIpc) is 2.75. The number of benzene rings is 2. The molecule has 23 heavy (non-hydrogen) atoms. The SMILES string of the molecule is COC(=O)C1=Cc2c(Cl)cc(Cl)cc2C(c2ccccc2)=CC1. The average molecular weight is 345 g/mol. The van der Waals surface area contributed by atoms with Gasteiger partial charge in [0.15, 0.2) is 0 Å². The molecule has 2 aromatic carbocycles. The number of hydrogen-bond donors (Lipinski definition) is 0. The number of esters is 1. The summed E-state index contributed by atoms with van der Waals surface area (Å²) in [6.45, 7) is 0. The van der Waals surface area contributed by atoms with Crippen LogP contribution in [0.5, 0.6) is 0 Å². The Balaban J connectivity index is 2.24. The number of fused-ring (bicyclic) bond motifs is 1. The van der Waals surface area contributed by atoms with Gasteiger partial charge in [0.1, 0.15) is 0 Å². The van der Waals surface area contributed by atoms with Gasteiger partial charge in [-0.1, -0.05) is 59.6 Å². The third kappa shape index (κ3) is 3.19. The van der Waals surface area contributed by atoms with Gasteiger partial charge < -0.3 is 4.74 Å². The maximum Gasteiger partial charge on any atom is 0.334 e. The summed E-state index contributed by atoms with van der Waals surface area (Å²) in [5.41, 5.74) is 4.30. The molecular weight excluding hydrogens is 331 g/mol. The first-order valence-corrected chi connectivity index (χ1v) is 7.89. The molecule has 0 amide bonds. The summed E-state index contributed by atoms with van der Waals surface area (Å²) in [4.78, 5) is 12.0. The lowest BCUT2D eigenvalue weighted by atomic mass is 9.94. The van der Waals surface area contributed by atoms with Gasteiger partial charge in [-0.3, -0.25) is 0 Å². The van der Waals surface area contributed by atoms with Crippen LogP contribution >= 0.6 is 23.2 Å². The lowest BCUT2D eigenvalue weighted by Crippen LogP contribution is -2.03. The highest BCUT2D eigenvalue weighted by atomic mass is 35.5. The lowest BCUT2D eigenvalue weighted by Gasteiger charge is -2.12. The van der Waals surface area contributed by atoms with Gasteiger partial charge in [0.05, 0.1) is 7.11 Å². The van der Waals surface area contributed by atoms with Crippen molar-refractivity contribution in [2.75, 3.05) is 7.11 Å². The summed E-state index contributed by atoms with van der Waals surface area (Å²) in [6.07, 6.45) is 4.27. The zero-order valence-electron chi connectivity index (χ0n) is 12.5. The molecular formula is C19H14Cl2O2. The Hall–Kier alpha value is -2.03. The number of carbonyl (C=O) groups is 1. The third-order valence-corrected chi connectivity index (χ3v) is 4.29. The van der Waals surface area contributed by atoms with Gasteiger partial charge in [-0.2, -0.15) is 0 Å². The number of halogens is 2. The van der Waals surface area contributed by atoms with E-state index < -0.39 is 0 Å². The third-order valence-electron chi connectivity index (χ3n) is 3.76. The maximum absolute atomic E-state index is 12.0. The van der Waals surface area contributed by atoms with E-state index >= 15 is 0 Å². The molecule has 0 atom stereocenters. The smallest absolute Gasteiger partial charge is 0.334 e. The predicted octanol–water partition coefficient (Wildman–Crippen LogP) is 5.39. The van der Waals surface area contributed by atoms with Crippen LogP contribution in [0.3, 0.4) is 0 Å². The van der Waals surface area contributed by atoms with Gasteiger partial charge in [0.2, 0.25) is 0 Å². The Labute approximate surface area is 145 Å². The number of rotatable bonds is 2. The normalized spacial score (nSPS) is 13.5. The predicted molar refractivity (Wildman–Crippen MR) is 94.6 cm³/mol. The first kappa shape index (κ1) is 15.9. The molecule has 0 heterocycles. The second kappa shape index (κ2) is 6.61. The molecule has 0 spiro atoms. The van der Waals surface area contributed by atoms with Crippen LogP contribution in [0.15, 0.2) is 54.1 Å². The van der Waals surface area contributed by atoms with E-state index in [1.165, 1.54) is 7.11 Å². The molecule has 0 unspecified atom stereocenters. The fourth-order valence-corrected chi connectivity index (χ4v) is 3.22. The van der Waals surface area contributed by atoms with Crippen LogP contribution in [-0.4, -0.2) is 13.1 Å². The van der Waals surface area contributed by atoms with Gasteiger partial charge in [0.25, 0.3) is 0 Å². The van der Waals surface area contributed by atoms with Crippen LogP contribution in [0.4, 0.5) is 0 Å². The number of carbonyl (C=O) groups excluding carboxylic acids is 1. The van der Waals surface area contributed by atoms with Crippen LogP contribution in [-0.2, 0) is 9.53 Å². The Bertz CT molecular complexity index is 821. The highest BCUT2D eigenvalue weighted by Gasteiger charge is 2.19. The Morgan fingerprint density at radius 2 is 1.87 bits per heavy atom. The van der Waals surface area contributed by atoms with Crippen molar-refractivity contribution in [3.63, 3.8) is 0 Å². The van der Waals surface area contributed by atoms with E-state index in [2.05, 4.69) is 0 Å². The summed E-state index contributed by atoms with van der Waals surface area (Å²) in [6, 6.07) is 13.5. The second-order valence-electron chi connectivity index (χ2n) is 5.20. The highest BCUT2D eigenvalue weighted by Crippen LogP contribution is 2.37. The molecule has 0 saturated carbocycles. The number of allylic oxidation sites excluding steroid dienone is 1. The highest BCUT2D eigenvalue weighted by molar-refractivity contribution is 6.36. The van der Waals surface area contributed by atoms with Crippen LogP contribution in [0.1, 0.15) is 23.1 Å². The molecule has 0 saturated heterocycles. The van der Waals surface area contributed by atoms with E-state index in [0.29, 0.717) is 22.0 Å². The molecule has 0 aliphatic heterocycles. The standard InChI is InChI=1S/C19H14Cl2O2/c1-23-19(22)13-7-8-15(12-5-3-2-4-6-12)16-10-14(20)11-18(21)17(16)9-13/h2-6,8-11H,7H2,1H3. The van der Waals surface area contributed by atoms with Crippen molar-refractivity contribution in [2.45, 2.75) is 6.42 Å². The molecule has 0 aromatic heterocycles. The van der Waals surface area contributed by atoms with Crippen molar-refractivity contribution >= 4 is 40.8 Å². The Morgan fingerprint density at radius 1 is 1.13 bits per heavy atom. The van der Waals surface area contributed by atoms with Gasteiger partial charge in [-0.15, -0.1) is 0 Å². The maximum atomic E-state index is 12.0. The zero-order chi connectivity index (χ0) is 16.4. The minimum absolute atomic E-state index is 0.354. The van der Waals surface area contributed by atoms with E-state index in [1.807, 2.05) is 42.5 Å². The van der Waals surface area contributed by atoms with E-state index in [9.17, 15) is 4.79 Å². The van der Waals surface area contributed by atoms with Crippen LogP contribution in [0.25, 0.3) is 11.6 Å². The van der Waals surface area contributed by atoms with Crippen LogP contribution in [0.2, 0.25) is 10.0 Å². The van der Waals surface area contributed by atoms with Crippen LogP contribution in [0, 0.1) is 0 Å². The molecule has 0 fully saturated rings. The molecule has 1 aliphatic carbocycles. The fourth-order valence-electron chi connectivity index (χ4n) is 2.67. The molecule has 4 heteroatoms. The monoisotopic (exact) mass is 344 g/mol. The molecule has 1 aliphatic rings. The molecule has 3 rings (SSSR count). The van der Waals surface area contributed by atoms with Crippen molar-refractivity contribution < 1.29 is 9.53 Å². The van der Waals surface area contributed by atoms with Gasteiger partial charge >= 0.3 is 5.97 Å². The summed E-state index contributed by atoms with van der Waals surface area (Å²) in [7, 11) is 1.38. The van der Waals surface area contributed by atoms with Crippen LogP contribution < -0.4 is 0 Å². The molecule has 0 bridgehead atoms. The topological polar surface area (TPSA) is 26.3 Å². The fraction of sp³-hybridized carbons (Fsp3) is 0.105. The van der Waals surface area contributed by atoms with Crippen molar-refractivity contribution in [1.29, 1.82) is 0 Å². The van der Waals surface area contributed by atoms with Gasteiger partial charge in [0, 0.05) is 21.2 Å². The Morgan fingerprint density at radius 3 is 2.57 bits per heavy atom. The number of ether oxygens (including phenoxy) is 1. The Kier molecular flexibility index (Phi) is 4.56. The van der Waals surface area contributed by atoms with Crippen molar-refractivity contribution in [3.8, 4) is 0 Å². The van der Waals surface area contributed by atoms with E-state index in [-0.39, 0.29) is 5.97 Å². The zero-order valence-corrected chi connectivity index (χ0v) is 14.0. The van der Waals surface area contributed by atoms with Gasteiger partial charge in [-0.05, 0) is 41.3 Å². The summed E-state index contributed by atoms with van der Waals surface area (Å²) in [5.74, 6) is -0.354. The quantitative estimate of drug-likeness (QED) is 0.683. The number of hydrogen-bond acceptors (Lipinski definition) is 2. The van der Waals surface area contributed by atoms with Gasteiger partial charge in [-0.25, -0.2) is 4.79 Å². The van der Waals surface area contributed by atoms with E-state index in [4.69, 9.17) is 27.9 Å². The van der Waals surface area contributed by atoms with Crippen molar-refractivity contribution in [2.24, 2.45) is 0 Å². The molecule has 2 nitrogen and oxygen atoms in total. The minimum atomic E-state index is -0.354. The van der Waals surface area contributed by atoms with E-state index in [1.54, 1.807) is 12.1 Å². The minimum Gasteiger partial charge on any atom is -0.466 e. The lowest BCUT2D eigenvalue weighted by molar-refractivity contribution is -0.136. The van der Waals surface area contributed by atoms with Crippen molar-refractivity contribution in [3.05, 3.63) is 80.8 Å². The first-order valence-electron chi connectivity index (χ1n) is 7.14. The summed E-state index contributed by atoms with van der Waals surface area (Å²) < 4.78 is 4.86. The molecule has 2 aromatic rings. The summed E-state index contributed by atoms with van der Waals surface area (Å²) >= 11 is 12.6. The summed E-state index contributed by atoms with van der Waals surface area (Å²) in [5, 5.41) is 1.07.